The third kappa shape index (κ3) is 7.99. The van der Waals surface area contributed by atoms with E-state index in [9.17, 15) is 4.39 Å². The Balaban J connectivity index is 3.02. The molecule has 0 heterocycles. The molecular formula is C10H22FN. The summed E-state index contributed by atoms with van der Waals surface area (Å²) < 4.78 is 11.7. The quantitative estimate of drug-likeness (QED) is 0.559. The van der Waals surface area contributed by atoms with Crippen LogP contribution in [0.5, 0.6) is 0 Å². The molecule has 0 aromatic rings. The van der Waals surface area contributed by atoms with Crippen LogP contribution in [-0.2, 0) is 0 Å². The SMILES string of the molecule is CCCCCCC(C)NCCF. The Bertz CT molecular complexity index is 85.9. The first-order chi connectivity index (χ1) is 5.81. The minimum atomic E-state index is -0.251. The van der Waals surface area contributed by atoms with Crippen molar-refractivity contribution in [1.82, 2.24) is 5.32 Å². The molecule has 12 heavy (non-hydrogen) atoms. The van der Waals surface area contributed by atoms with Gasteiger partial charge in [0.1, 0.15) is 6.67 Å². The monoisotopic (exact) mass is 175 g/mol. The van der Waals surface area contributed by atoms with Crippen molar-refractivity contribution in [3.63, 3.8) is 0 Å². The molecule has 1 N–H and O–H groups in total. The van der Waals surface area contributed by atoms with Crippen molar-refractivity contribution in [1.29, 1.82) is 0 Å². The van der Waals surface area contributed by atoms with Crippen LogP contribution in [-0.4, -0.2) is 19.3 Å². The van der Waals surface area contributed by atoms with E-state index in [2.05, 4.69) is 19.2 Å². The summed E-state index contributed by atoms with van der Waals surface area (Å²) >= 11 is 0. The molecular weight excluding hydrogens is 153 g/mol. The molecule has 2 heteroatoms. The predicted molar refractivity (Wildman–Crippen MR) is 52.2 cm³/mol. The van der Waals surface area contributed by atoms with Crippen molar-refractivity contribution in [2.45, 2.75) is 52.0 Å². The van der Waals surface area contributed by atoms with E-state index in [1.165, 1.54) is 32.1 Å². The Morgan fingerprint density at radius 1 is 1.25 bits per heavy atom. The first kappa shape index (κ1) is 11.9. The highest BCUT2D eigenvalue weighted by molar-refractivity contribution is 4.59. The second-order valence-corrected chi connectivity index (χ2v) is 3.39. The lowest BCUT2D eigenvalue weighted by atomic mass is 10.1. The smallest absolute Gasteiger partial charge is 0.102 e. The van der Waals surface area contributed by atoms with Gasteiger partial charge in [-0.1, -0.05) is 32.6 Å². The molecule has 0 radical (unpaired) electrons. The van der Waals surface area contributed by atoms with Crippen LogP contribution in [0, 0.1) is 0 Å². The highest BCUT2D eigenvalue weighted by atomic mass is 19.1. The molecule has 0 fully saturated rings. The van der Waals surface area contributed by atoms with Crippen molar-refractivity contribution in [2.75, 3.05) is 13.2 Å². The van der Waals surface area contributed by atoms with Gasteiger partial charge in [-0.2, -0.15) is 0 Å². The van der Waals surface area contributed by atoms with Crippen molar-refractivity contribution in [2.24, 2.45) is 0 Å². The average Bonchev–Trinajstić information content (AvgIpc) is 2.09. The maximum atomic E-state index is 11.7. The Hall–Kier alpha value is -0.110. The maximum absolute atomic E-state index is 11.7. The van der Waals surface area contributed by atoms with Crippen LogP contribution >= 0.6 is 0 Å². The van der Waals surface area contributed by atoms with E-state index in [-0.39, 0.29) is 6.67 Å². The van der Waals surface area contributed by atoms with Gasteiger partial charge in [-0.15, -0.1) is 0 Å². The number of rotatable bonds is 8. The molecule has 1 unspecified atom stereocenters. The molecule has 74 valence electrons. The Morgan fingerprint density at radius 3 is 2.58 bits per heavy atom. The molecule has 1 atom stereocenters. The van der Waals surface area contributed by atoms with Gasteiger partial charge >= 0.3 is 0 Å². The minimum Gasteiger partial charge on any atom is -0.312 e. The zero-order chi connectivity index (χ0) is 9.23. The molecule has 0 aromatic heterocycles. The second-order valence-electron chi connectivity index (χ2n) is 3.39. The van der Waals surface area contributed by atoms with Crippen LogP contribution in [0.25, 0.3) is 0 Å². The Morgan fingerprint density at radius 2 is 2.00 bits per heavy atom. The van der Waals surface area contributed by atoms with E-state index in [0.29, 0.717) is 12.6 Å². The lowest BCUT2D eigenvalue weighted by Crippen LogP contribution is -2.27. The minimum absolute atomic E-state index is 0.251. The van der Waals surface area contributed by atoms with Gasteiger partial charge in [0.05, 0.1) is 0 Å². The van der Waals surface area contributed by atoms with Gasteiger partial charge < -0.3 is 5.32 Å². The molecule has 0 rings (SSSR count). The van der Waals surface area contributed by atoms with Crippen LogP contribution in [0.4, 0.5) is 4.39 Å². The lowest BCUT2D eigenvalue weighted by Gasteiger charge is -2.11. The molecule has 0 spiro atoms. The lowest BCUT2D eigenvalue weighted by molar-refractivity contribution is 0.421. The van der Waals surface area contributed by atoms with Gasteiger partial charge in [0, 0.05) is 12.6 Å². The van der Waals surface area contributed by atoms with E-state index in [0.717, 1.165) is 0 Å². The van der Waals surface area contributed by atoms with Crippen LogP contribution in [0.3, 0.4) is 0 Å². The Kier molecular flexibility index (Phi) is 8.90. The zero-order valence-electron chi connectivity index (χ0n) is 8.41. The summed E-state index contributed by atoms with van der Waals surface area (Å²) in [5.41, 5.74) is 0. The van der Waals surface area contributed by atoms with Crippen molar-refractivity contribution in [3.05, 3.63) is 0 Å². The van der Waals surface area contributed by atoms with Crippen LogP contribution in [0.1, 0.15) is 46.0 Å². The summed E-state index contributed by atoms with van der Waals surface area (Å²) in [6.07, 6.45) is 6.38. The number of nitrogens with one attached hydrogen (secondary N) is 1. The molecule has 1 nitrogen and oxygen atoms in total. The first-order valence-electron chi connectivity index (χ1n) is 5.10. The van der Waals surface area contributed by atoms with Gasteiger partial charge in [0.15, 0.2) is 0 Å². The third-order valence-corrected chi connectivity index (χ3v) is 2.08. The zero-order valence-corrected chi connectivity index (χ0v) is 8.41. The van der Waals surface area contributed by atoms with E-state index >= 15 is 0 Å². The fourth-order valence-corrected chi connectivity index (χ4v) is 1.28. The summed E-state index contributed by atoms with van der Waals surface area (Å²) in [5, 5.41) is 3.13. The summed E-state index contributed by atoms with van der Waals surface area (Å²) in [6, 6.07) is 0.484. The largest absolute Gasteiger partial charge is 0.312 e. The van der Waals surface area contributed by atoms with Crippen molar-refractivity contribution in [3.8, 4) is 0 Å². The summed E-state index contributed by atoms with van der Waals surface area (Å²) in [6.45, 7) is 4.60. The van der Waals surface area contributed by atoms with E-state index < -0.39 is 0 Å². The molecule has 0 saturated heterocycles. The standard InChI is InChI=1S/C10H22FN/c1-3-4-5-6-7-10(2)12-9-8-11/h10,12H,3-9H2,1-2H3. The summed E-state index contributed by atoms with van der Waals surface area (Å²) in [7, 11) is 0. The number of halogens is 1. The van der Waals surface area contributed by atoms with E-state index in [4.69, 9.17) is 0 Å². The highest BCUT2D eigenvalue weighted by Crippen LogP contribution is 2.04. The third-order valence-electron chi connectivity index (χ3n) is 2.08. The average molecular weight is 175 g/mol. The predicted octanol–water partition coefficient (Wildman–Crippen LogP) is 2.90. The molecule has 0 aliphatic carbocycles. The number of hydrogen-bond donors (Lipinski definition) is 1. The first-order valence-corrected chi connectivity index (χ1v) is 5.10. The summed E-state index contributed by atoms with van der Waals surface area (Å²) in [5.74, 6) is 0. The fraction of sp³-hybridized carbons (Fsp3) is 1.00. The normalized spacial score (nSPS) is 13.2. The van der Waals surface area contributed by atoms with Gasteiger partial charge in [-0.3, -0.25) is 0 Å². The van der Waals surface area contributed by atoms with Crippen molar-refractivity contribution < 1.29 is 4.39 Å². The second kappa shape index (κ2) is 8.98. The number of alkyl halides is 1. The van der Waals surface area contributed by atoms with Crippen LogP contribution < -0.4 is 5.32 Å². The van der Waals surface area contributed by atoms with Crippen LogP contribution in [0.15, 0.2) is 0 Å². The topological polar surface area (TPSA) is 12.0 Å². The molecule has 0 aliphatic rings. The van der Waals surface area contributed by atoms with Gasteiger partial charge in [0.2, 0.25) is 0 Å². The fourth-order valence-electron chi connectivity index (χ4n) is 1.28. The molecule has 0 aromatic carbocycles. The van der Waals surface area contributed by atoms with Crippen molar-refractivity contribution >= 4 is 0 Å². The van der Waals surface area contributed by atoms with E-state index in [1.54, 1.807) is 0 Å². The molecule has 0 amide bonds. The summed E-state index contributed by atoms with van der Waals surface area (Å²) in [4.78, 5) is 0. The number of hydrogen-bond acceptors (Lipinski definition) is 1. The molecule has 0 bridgehead atoms. The van der Waals surface area contributed by atoms with Crippen LogP contribution in [0.2, 0.25) is 0 Å². The Labute approximate surface area is 75.7 Å². The molecule has 0 saturated carbocycles. The van der Waals surface area contributed by atoms with Gasteiger partial charge in [-0.05, 0) is 13.3 Å². The van der Waals surface area contributed by atoms with Gasteiger partial charge in [0.25, 0.3) is 0 Å². The highest BCUT2D eigenvalue weighted by Gasteiger charge is 1.99. The maximum Gasteiger partial charge on any atom is 0.102 e. The van der Waals surface area contributed by atoms with E-state index in [1.807, 2.05) is 0 Å². The number of unbranched alkanes of at least 4 members (excludes halogenated alkanes) is 3. The molecule has 0 aliphatic heterocycles. The van der Waals surface area contributed by atoms with Gasteiger partial charge in [-0.25, -0.2) is 4.39 Å².